The molecule has 0 bridgehead atoms. The third-order valence-electron chi connectivity index (χ3n) is 2.13. The minimum absolute atomic E-state index is 0.284. The predicted octanol–water partition coefficient (Wildman–Crippen LogP) is 1.47. The van der Waals surface area contributed by atoms with Crippen molar-refractivity contribution in [2.24, 2.45) is 5.73 Å². The minimum Gasteiger partial charge on any atom is -0.399 e. The topological polar surface area (TPSA) is 90.4 Å². The van der Waals surface area contributed by atoms with Crippen LogP contribution in [0.15, 0.2) is 12.1 Å². The summed E-state index contributed by atoms with van der Waals surface area (Å²) in [5.74, 6) is -0.571. The third kappa shape index (κ3) is 3.80. The van der Waals surface area contributed by atoms with Crippen LogP contribution in [-0.4, -0.2) is 25.7 Å². The Bertz CT molecular complexity index is 410. The number of primary amides is 1. The molecular weight excluding hydrogens is 242 g/mol. The van der Waals surface area contributed by atoms with Crippen molar-refractivity contribution in [2.45, 2.75) is 6.92 Å². The van der Waals surface area contributed by atoms with Gasteiger partial charge in [0.2, 0.25) is 0 Å². The number of carbonyl (C=O) groups is 1. The molecule has 0 aliphatic rings. The molecule has 0 heterocycles. The smallest absolute Gasteiger partial charge is 0.250 e. The van der Waals surface area contributed by atoms with Gasteiger partial charge in [0.1, 0.15) is 0 Å². The maximum atomic E-state index is 11.3. The molecule has 6 heteroatoms. The molecule has 1 aromatic rings. The number of anilines is 2. The Morgan fingerprint density at radius 1 is 1.53 bits per heavy atom. The van der Waals surface area contributed by atoms with Gasteiger partial charge in [0.25, 0.3) is 5.91 Å². The van der Waals surface area contributed by atoms with Crippen molar-refractivity contribution in [3.05, 3.63) is 22.7 Å². The summed E-state index contributed by atoms with van der Waals surface area (Å²) in [6.45, 7) is 3.61. The number of hydrogen-bond donors (Lipinski definition) is 3. The van der Waals surface area contributed by atoms with Crippen LogP contribution in [0.5, 0.6) is 0 Å². The standard InChI is InChI=1S/C11H16ClN3O2/c1-2-17-4-3-15-10-8(11(14)16)5-7(13)6-9(10)12/h5-6,15H,2-4,13H2,1H3,(H2,14,16). The number of benzene rings is 1. The molecule has 0 aliphatic carbocycles. The first-order valence-corrected chi connectivity index (χ1v) is 5.64. The SMILES string of the molecule is CCOCCNc1c(Cl)cc(N)cc1C(N)=O. The van der Waals surface area contributed by atoms with E-state index in [-0.39, 0.29) is 5.56 Å². The zero-order valence-corrected chi connectivity index (χ0v) is 10.4. The number of nitrogens with one attached hydrogen (secondary N) is 1. The van der Waals surface area contributed by atoms with E-state index in [1.807, 2.05) is 6.92 Å². The lowest BCUT2D eigenvalue weighted by atomic mass is 10.1. The fourth-order valence-corrected chi connectivity index (χ4v) is 1.69. The number of nitrogen functional groups attached to an aromatic ring is 1. The van der Waals surface area contributed by atoms with Crippen LogP contribution in [0.3, 0.4) is 0 Å². The fourth-order valence-electron chi connectivity index (χ4n) is 1.39. The molecule has 0 saturated carbocycles. The Kier molecular flexibility index (Phi) is 5.06. The van der Waals surface area contributed by atoms with Crippen molar-refractivity contribution < 1.29 is 9.53 Å². The van der Waals surface area contributed by atoms with Crippen LogP contribution in [0.25, 0.3) is 0 Å². The van der Waals surface area contributed by atoms with Gasteiger partial charge in [-0.2, -0.15) is 0 Å². The molecule has 17 heavy (non-hydrogen) atoms. The Balaban J connectivity index is 2.85. The van der Waals surface area contributed by atoms with Gasteiger partial charge in [-0.1, -0.05) is 11.6 Å². The Morgan fingerprint density at radius 3 is 2.82 bits per heavy atom. The summed E-state index contributed by atoms with van der Waals surface area (Å²) in [5.41, 5.74) is 12.0. The second-order valence-corrected chi connectivity index (χ2v) is 3.82. The van der Waals surface area contributed by atoms with E-state index in [0.717, 1.165) is 0 Å². The highest BCUT2D eigenvalue weighted by Gasteiger charge is 2.12. The Labute approximate surface area is 105 Å². The fraction of sp³-hybridized carbons (Fsp3) is 0.364. The molecule has 0 spiro atoms. The van der Waals surface area contributed by atoms with Gasteiger partial charge in [0, 0.05) is 18.8 Å². The first-order valence-electron chi connectivity index (χ1n) is 5.26. The summed E-state index contributed by atoms with van der Waals surface area (Å²) in [7, 11) is 0. The van der Waals surface area contributed by atoms with Crippen molar-refractivity contribution in [3.63, 3.8) is 0 Å². The molecule has 94 valence electrons. The Hall–Kier alpha value is -1.46. The zero-order valence-electron chi connectivity index (χ0n) is 9.63. The van der Waals surface area contributed by atoms with E-state index in [1.165, 1.54) is 6.07 Å². The quantitative estimate of drug-likeness (QED) is 0.532. The lowest BCUT2D eigenvalue weighted by Crippen LogP contribution is -2.17. The van der Waals surface area contributed by atoms with Crippen molar-refractivity contribution >= 4 is 28.9 Å². The number of amides is 1. The molecule has 0 fully saturated rings. The van der Waals surface area contributed by atoms with E-state index in [9.17, 15) is 4.79 Å². The van der Waals surface area contributed by atoms with Gasteiger partial charge >= 0.3 is 0 Å². The van der Waals surface area contributed by atoms with E-state index >= 15 is 0 Å². The largest absolute Gasteiger partial charge is 0.399 e. The minimum atomic E-state index is -0.571. The lowest BCUT2D eigenvalue weighted by Gasteiger charge is -2.12. The van der Waals surface area contributed by atoms with Crippen LogP contribution in [0.1, 0.15) is 17.3 Å². The average molecular weight is 258 g/mol. The number of carbonyl (C=O) groups excluding carboxylic acids is 1. The summed E-state index contributed by atoms with van der Waals surface area (Å²) < 4.78 is 5.17. The van der Waals surface area contributed by atoms with Crippen LogP contribution < -0.4 is 16.8 Å². The van der Waals surface area contributed by atoms with E-state index < -0.39 is 5.91 Å². The predicted molar refractivity (Wildman–Crippen MR) is 69.4 cm³/mol. The summed E-state index contributed by atoms with van der Waals surface area (Å²) in [4.78, 5) is 11.3. The second-order valence-electron chi connectivity index (χ2n) is 3.41. The number of nitrogens with two attached hydrogens (primary N) is 2. The molecule has 0 saturated heterocycles. The van der Waals surface area contributed by atoms with Crippen molar-refractivity contribution in [1.29, 1.82) is 0 Å². The van der Waals surface area contributed by atoms with Crippen molar-refractivity contribution in [1.82, 2.24) is 0 Å². The van der Waals surface area contributed by atoms with Gasteiger partial charge in [-0.05, 0) is 19.1 Å². The van der Waals surface area contributed by atoms with Gasteiger partial charge in [-0.25, -0.2) is 0 Å². The monoisotopic (exact) mass is 257 g/mol. The van der Waals surface area contributed by atoms with Gasteiger partial charge in [-0.15, -0.1) is 0 Å². The number of ether oxygens (including phenoxy) is 1. The van der Waals surface area contributed by atoms with Crippen LogP contribution in [-0.2, 0) is 4.74 Å². The van der Waals surface area contributed by atoms with Crippen LogP contribution in [0.2, 0.25) is 5.02 Å². The highest BCUT2D eigenvalue weighted by molar-refractivity contribution is 6.34. The van der Waals surface area contributed by atoms with Gasteiger partial charge < -0.3 is 21.5 Å². The molecule has 0 unspecified atom stereocenters. The summed E-state index contributed by atoms with van der Waals surface area (Å²) in [5, 5.41) is 3.38. The molecule has 1 amide bonds. The molecule has 1 rings (SSSR count). The maximum Gasteiger partial charge on any atom is 0.250 e. The Morgan fingerprint density at radius 2 is 2.24 bits per heavy atom. The van der Waals surface area contributed by atoms with Gasteiger partial charge in [0.15, 0.2) is 0 Å². The molecule has 0 atom stereocenters. The second kappa shape index (κ2) is 6.32. The maximum absolute atomic E-state index is 11.3. The third-order valence-corrected chi connectivity index (χ3v) is 2.43. The molecule has 0 aliphatic heterocycles. The van der Waals surface area contributed by atoms with E-state index in [2.05, 4.69) is 5.32 Å². The summed E-state index contributed by atoms with van der Waals surface area (Å²) in [6.07, 6.45) is 0. The highest BCUT2D eigenvalue weighted by Crippen LogP contribution is 2.28. The van der Waals surface area contributed by atoms with Crippen molar-refractivity contribution in [3.8, 4) is 0 Å². The average Bonchev–Trinajstić information content (AvgIpc) is 2.25. The molecular formula is C11H16ClN3O2. The first-order chi connectivity index (χ1) is 8.06. The van der Waals surface area contributed by atoms with E-state index in [0.29, 0.717) is 36.2 Å². The highest BCUT2D eigenvalue weighted by atomic mass is 35.5. The molecule has 1 aromatic carbocycles. The lowest BCUT2D eigenvalue weighted by molar-refractivity contribution is 0.100. The van der Waals surface area contributed by atoms with E-state index in [4.69, 9.17) is 27.8 Å². The zero-order chi connectivity index (χ0) is 12.8. The number of hydrogen-bond acceptors (Lipinski definition) is 4. The molecule has 0 radical (unpaired) electrons. The number of rotatable bonds is 6. The van der Waals surface area contributed by atoms with Gasteiger partial charge in [0.05, 0.1) is 22.9 Å². The van der Waals surface area contributed by atoms with E-state index in [1.54, 1.807) is 6.07 Å². The van der Waals surface area contributed by atoms with Crippen LogP contribution in [0, 0.1) is 0 Å². The van der Waals surface area contributed by atoms with Gasteiger partial charge in [-0.3, -0.25) is 4.79 Å². The molecule has 0 aromatic heterocycles. The molecule has 5 N–H and O–H groups in total. The first kappa shape index (κ1) is 13.6. The van der Waals surface area contributed by atoms with Crippen LogP contribution >= 0.6 is 11.6 Å². The summed E-state index contributed by atoms with van der Waals surface area (Å²) in [6, 6.07) is 3.06. The molecule has 5 nitrogen and oxygen atoms in total. The normalized spacial score (nSPS) is 10.2. The number of halogens is 1. The van der Waals surface area contributed by atoms with Crippen molar-refractivity contribution in [2.75, 3.05) is 30.8 Å². The van der Waals surface area contributed by atoms with Crippen LogP contribution in [0.4, 0.5) is 11.4 Å². The summed E-state index contributed by atoms with van der Waals surface area (Å²) >= 11 is 6.00.